The number of anilines is 1. The quantitative estimate of drug-likeness (QED) is 0.478. The molecule has 0 aromatic carbocycles. The van der Waals surface area contributed by atoms with Crippen molar-refractivity contribution in [2.45, 2.75) is 0 Å². The SMILES string of the molecule is Cn1c(N)c(C(=O)/C(C#N)=C/c2cc(Br)cs2)c(=O)n(C)c1=O. The highest BCUT2D eigenvalue weighted by Crippen LogP contribution is 2.23. The summed E-state index contributed by atoms with van der Waals surface area (Å²) in [6, 6.07) is 3.51. The summed E-state index contributed by atoms with van der Waals surface area (Å²) in [4.78, 5) is 37.2. The molecule has 0 aliphatic heterocycles. The molecule has 0 atom stereocenters. The maximum atomic E-state index is 12.5. The molecule has 23 heavy (non-hydrogen) atoms. The first kappa shape index (κ1) is 16.9. The summed E-state index contributed by atoms with van der Waals surface area (Å²) in [5.41, 5.74) is 3.63. The smallest absolute Gasteiger partial charge is 0.332 e. The van der Waals surface area contributed by atoms with Crippen molar-refractivity contribution in [3.63, 3.8) is 0 Å². The van der Waals surface area contributed by atoms with Gasteiger partial charge >= 0.3 is 5.69 Å². The molecule has 0 radical (unpaired) electrons. The lowest BCUT2D eigenvalue weighted by molar-refractivity contribution is 0.103. The van der Waals surface area contributed by atoms with Gasteiger partial charge in [0.15, 0.2) is 0 Å². The lowest BCUT2D eigenvalue weighted by Gasteiger charge is -2.10. The second-order valence-electron chi connectivity index (χ2n) is 4.63. The van der Waals surface area contributed by atoms with E-state index in [9.17, 15) is 19.6 Å². The third-order valence-corrected chi connectivity index (χ3v) is 4.82. The van der Waals surface area contributed by atoms with Crippen LogP contribution in [-0.2, 0) is 14.1 Å². The minimum Gasteiger partial charge on any atom is -0.384 e. The fourth-order valence-electron chi connectivity index (χ4n) is 1.90. The molecular formula is C14H11BrN4O3S. The fourth-order valence-corrected chi connectivity index (χ4v) is 3.28. The van der Waals surface area contributed by atoms with Gasteiger partial charge in [0.25, 0.3) is 5.56 Å². The van der Waals surface area contributed by atoms with Crippen LogP contribution in [0.1, 0.15) is 15.2 Å². The number of aromatic nitrogens is 2. The number of thiophene rings is 1. The molecule has 118 valence electrons. The monoisotopic (exact) mass is 394 g/mol. The van der Waals surface area contributed by atoms with Crippen LogP contribution in [-0.4, -0.2) is 14.9 Å². The first-order chi connectivity index (χ1) is 10.8. The number of carbonyl (C=O) groups excluding carboxylic acids is 1. The number of hydrogen-bond acceptors (Lipinski definition) is 6. The van der Waals surface area contributed by atoms with Crippen LogP contribution in [0, 0.1) is 11.3 Å². The highest BCUT2D eigenvalue weighted by Gasteiger charge is 2.23. The molecule has 2 N–H and O–H groups in total. The highest BCUT2D eigenvalue weighted by molar-refractivity contribution is 9.10. The molecule has 0 saturated heterocycles. The van der Waals surface area contributed by atoms with E-state index in [0.29, 0.717) is 4.88 Å². The van der Waals surface area contributed by atoms with Crippen molar-refractivity contribution in [2.24, 2.45) is 14.1 Å². The number of nitrogen functional groups attached to an aromatic ring is 1. The first-order valence-electron chi connectivity index (χ1n) is 6.24. The van der Waals surface area contributed by atoms with Gasteiger partial charge in [-0.2, -0.15) is 5.26 Å². The first-order valence-corrected chi connectivity index (χ1v) is 7.91. The zero-order chi connectivity index (χ0) is 17.3. The van der Waals surface area contributed by atoms with Gasteiger partial charge in [0.05, 0.1) is 0 Å². The normalized spacial score (nSPS) is 11.3. The maximum absolute atomic E-state index is 12.5. The van der Waals surface area contributed by atoms with Crippen molar-refractivity contribution < 1.29 is 4.79 Å². The Kier molecular flexibility index (Phi) is 4.68. The summed E-state index contributed by atoms with van der Waals surface area (Å²) in [6.07, 6.45) is 1.38. The van der Waals surface area contributed by atoms with Crippen LogP contribution in [0.15, 0.2) is 31.1 Å². The maximum Gasteiger partial charge on any atom is 0.332 e. The van der Waals surface area contributed by atoms with Gasteiger partial charge in [0.1, 0.15) is 23.0 Å². The number of halogens is 1. The molecule has 9 heteroatoms. The number of carbonyl (C=O) groups is 1. The standard InChI is InChI=1S/C14H11BrN4O3S/c1-18-12(17)10(13(21)19(2)14(18)22)11(20)7(5-16)3-9-4-8(15)6-23-9/h3-4,6H,17H2,1-2H3/b7-3+. The number of nitrogens with two attached hydrogens (primary N) is 1. The molecule has 2 heterocycles. The molecule has 0 unspecified atom stereocenters. The third kappa shape index (κ3) is 3.04. The molecule has 0 saturated carbocycles. The number of nitriles is 1. The van der Waals surface area contributed by atoms with Crippen LogP contribution in [0.25, 0.3) is 6.08 Å². The molecule has 7 nitrogen and oxygen atoms in total. The molecule has 2 aromatic heterocycles. The molecule has 0 aliphatic rings. The molecule has 0 fully saturated rings. The highest BCUT2D eigenvalue weighted by atomic mass is 79.9. The van der Waals surface area contributed by atoms with Crippen LogP contribution in [0.3, 0.4) is 0 Å². The molecule has 0 amide bonds. The lowest BCUT2D eigenvalue weighted by Crippen LogP contribution is -2.41. The Morgan fingerprint density at radius 1 is 1.39 bits per heavy atom. The predicted octanol–water partition coefficient (Wildman–Crippen LogP) is 1.28. The molecule has 2 rings (SSSR count). The lowest BCUT2D eigenvalue weighted by atomic mass is 10.1. The van der Waals surface area contributed by atoms with E-state index in [0.717, 1.165) is 13.6 Å². The van der Waals surface area contributed by atoms with Gasteiger partial charge in [-0.25, -0.2) is 4.79 Å². The summed E-state index contributed by atoms with van der Waals surface area (Å²) < 4.78 is 2.59. The number of nitrogens with zero attached hydrogens (tertiary/aromatic N) is 3. The van der Waals surface area contributed by atoms with E-state index < -0.39 is 22.6 Å². The van der Waals surface area contributed by atoms with E-state index in [-0.39, 0.29) is 11.4 Å². The Bertz CT molecular complexity index is 991. The van der Waals surface area contributed by atoms with Crippen LogP contribution < -0.4 is 17.0 Å². The Morgan fingerprint density at radius 2 is 2.04 bits per heavy atom. The van der Waals surface area contributed by atoms with E-state index in [4.69, 9.17) is 5.73 Å². The molecule has 0 aliphatic carbocycles. The van der Waals surface area contributed by atoms with Crippen molar-refractivity contribution in [1.82, 2.24) is 9.13 Å². The van der Waals surface area contributed by atoms with Crippen LogP contribution in [0.2, 0.25) is 0 Å². The van der Waals surface area contributed by atoms with Gasteiger partial charge in [0.2, 0.25) is 5.78 Å². The minimum atomic E-state index is -0.830. The van der Waals surface area contributed by atoms with Crippen LogP contribution >= 0.6 is 27.3 Å². The largest absolute Gasteiger partial charge is 0.384 e. The summed E-state index contributed by atoms with van der Waals surface area (Å²) in [7, 11) is 2.59. The molecule has 0 bridgehead atoms. The summed E-state index contributed by atoms with van der Waals surface area (Å²) >= 11 is 4.60. The van der Waals surface area contributed by atoms with Crippen molar-refractivity contribution in [2.75, 3.05) is 5.73 Å². The minimum absolute atomic E-state index is 0.234. The Hall–Kier alpha value is -2.44. The molecular weight excluding hydrogens is 384 g/mol. The second kappa shape index (κ2) is 6.36. The number of rotatable bonds is 3. The van der Waals surface area contributed by atoms with Gasteiger partial charge in [-0.3, -0.25) is 18.7 Å². The van der Waals surface area contributed by atoms with E-state index in [1.807, 2.05) is 0 Å². The average molecular weight is 395 g/mol. The van der Waals surface area contributed by atoms with Crippen LogP contribution in [0.5, 0.6) is 0 Å². The zero-order valence-electron chi connectivity index (χ0n) is 12.2. The van der Waals surface area contributed by atoms with Gasteiger partial charge < -0.3 is 5.73 Å². The second-order valence-corrected chi connectivity index (χ2v) is 6.49. The fraction of sp³-hybridized carbons (Fsp3) is 0.143. The van der Waals surface area contributed by atoms with Crippen molar-refractivity contribution in [1.29, 1.82) is 5.26 Å². The number of hydrogen-bond donors (Lipinski definition) is 1. The van der Waals surface area contributed by atoms with Crippen molar-refractivity contribution in [3.8, 4) is 6.07 Å². The van der Waals surface area contributed by atoms with Gasteiger partial charge in [-0.05, 0) is 28.1 Å². The number of ketones is 1. The summed E-state index contributed by atoms with van der Waals surface area (Å²) in [5, 5.41) is 11.0. The van der Waals surface area contributed by atoms with Gasteiger partial charge in [0, 0.05) is 28.8 Å². The van der Waals surface area contributed by atoms with Crippen molar-refractivity contribution >= 4 is 44.9 Å². The third-order valence-electron chi connectivity index (χ3n) is 3.18. The summed E-state index contributed by atoms with van der Waals surface area (Å²) in [6.45, 7) is 0. The Balaban J connectivity index is 2.65. The van der Waals surface area contributed by atoms with E-state index in [2.05, 4.69) is 15.9 Å². The van der Waals surface area contributed by atoms with Crippen LogP contribution in [0.4, 0.5) is 5.82 Å². The number of allylic oxidation sites excluding steroid dienone is 1. The van der Waals surface area contributed by atoms with Gasteiger partial charge in [-0.15, -0.1) is 11.3 Å². The Labute approximate surface area is 143 Å². The summed E-state index contributed by atoms with van der Waals surface area (Å²) in [5.74, 6) is -1.08. The topological polar surface area (TPSA) is 111 Å². The van der Waals surface area contributed by atoms with E-state index in [1.54, 1.807) is 17.5 Å². The van der Waals surface area contributed by atoms with E-state index >= 15 is 0 Å². The number of Topliss-reactive ketones (excluding diaryl/α,β-unsaturated/α-hetero) is 1. The average Bonchev–Trinajstić information content (AvgIpc) is 2.93. The molecule has 2 aromatic rings. The molecule has 0 spiro atoms. The Morgan fingerprint density at radius 3 is 2.57 bits per heavy atom. The van der Waals surface area contributed by atoms with Crippen molar-refractivity contribution in [3.05, 3.63) is 52.8 Å². The van der Waals surface area contributed by atoms with E-state index in [1.165, 1.54) is 31.5 Å². The van der Waals surface area contributed by atoms with Gasteiger partial charge in [-0.1, -0.05) is 0 Å². The predicted molar refractivity (Wildman–Crippen MR) is 91.3 cm³/mol. The zero-order valence-corrected chi connectivity index (χ0v) is 14.6.